The maximum atomic E-state index is 14.6. The number of hydrogen-bond acceptors (Lipinski definition) is 6. The summed E-state index contributed by atoms with van der Waals surface area (Å²) in [6, 6.07) is 7.58. The topological polar surface area (TPSA) is 82.1 Å². The van der Waals surface area contributed by atoms with E-state index < -0.39 is 11.4 Å². The zero-order chi connectivity index (χ0) is 26.0. The number of aliphatic hydroxyl groups is 1. The maximum absolute atomic E-state index is 14.6. The fraction of sp³-hybridized carbons (Fsp3) is 0.586. The van der Waals surface area contributed by atoms with Gasteiger partial charge < -0.3 is 21.1 Å². The van der Waals surface area contributed by atoms with Crippen molar-refractivity contribution in [1.82, 2.24) is 15.3 Å². The molecule has 4 aliphatic rings. The van der Waals surface area contributed by atoms with E-state index in [1.807, 2.05) is 31.2 Å². The lowest BCUT2D eigenvalue weighted by Gasteiger charge is -2.57. The summed E-state index contributed by atoms with van der Waals surface area (Å²) < 4.78 is 14.6. The van der Waals surface area contributed by atoms with Crippen LogP contribution in [-0.2, 0) is 6.54 Å². The smallest absolute Gasteiger partial charge is 0.225 e. The molecule has 0 radical (unpaired) electrons. The van der Waals surface area contributed by atoms with Crippen molar-refractivity contribution >= 4 is 23.4 Å². The zero-order valence-corrected chi connectivity index (χ0v) is 22.5. The third kappa shape index (κ3) is 6.10. The average Bonchev–Trinajstić information content (AvgIpc) is 2.89. The Labute approximate surface area is 224 Å². The van der Waals surface area contributed by atoms with Gasteiger partial charge in [0.15, 0.2) is 11.6 Å². The van der Waals surface area contributed by atoms with Crippen LogP contribution in [0, 0.1) is 29.0 Å². The molecule has 0 amide bonds. The Morgan fingerprint density at radius 3 is 2.65 bits per heavy atom. The van der Waals surface area contributed by atoms with Gasteiger partial charge in [-0.1, -0.05) is 42.0 Å². The summed E-state index contributed by atoms with van der Waals surface area (Å²) in [6.45, 7) is 9.49. The Hall–Kier alpha value is -2.22. The van der Waals surface area contributed by atoms with Crippen LogP contribution in [-0.4, -0.2) is 40.3 Å². The van der Waals surface area contributed by atoms with E-state index in [1.165, 1.54) is 18.2 Å². The summed E-state index contributed by atoms with van der Waals surface area (Å²) in [5.74, 6) is 1.94. The predicted molar refractivity (Wildman–Crippen MR) is 147 cm³/mol. The standard InChI is InChI=1S/C29H39ClFN5O/c1-19-23-11-21(15-32-14-20-7-9-28(2,37)10-8-20)12-29(19,13-23)18-35-26-25(31)17-34-27(36-26)33-16-22-5-3-4-6-24(22)30/h3-6,17,20-21,23,32,37H,1,7-16,18H2,2H3,(H2,33,34,35,36)/t20?,21-,23?,28?,29-/m1/s1. The molecular weight excluding hydrogens is 489 g/mol. The average molecular weight is 528 g/mol. The van der Waals surface area contributed by atoms with Gasteiger partial charge in [0.2, 0.25) is 5.95 Å². The van der Waals surface area contributed by atoms with E-state index in [0.717, 1.165) is 57.2 Å². The minimum atomic E-state index is -0.476. The highest BCUT2D eigenvalue weighted by Crippen LogP contribution is 2.60. The molecule has 1 aromatic heterocycles. The molecule has 3 atom stereocenters. The molecule has 6 rings (SSSR count). The summed E-state index contributed by atoms with van der Waals surface area (Å²) in [5, 5.41) is 21.0. The Bertz CT molecular complexity index is 1120. The van der Waals surface area contributed by atoms with E-state index in [4.69, 9.17) is 11.6 Å². The molecule has 37 heavy (non-hydrogen) atoms. The first-order valence-corrected chi connectivity index (χ1v) is 14.0. The molecule has 1 aromatic carbocycles. The van der Waals surface area contributed by atoms with Crippen LogP contribution in [0.3, 0.4) is 0 Å². The number of anilines is 2. The predicted octanol–water partition coefficient (Wildman–Crippen LogP) is 5.80. The summed E-state index contributed by atoms with van der Waals surface area (Å²) >= 11 is 6.23. The quantitative estimate of drug-likeness (QED) is 0.292. The van der Waals surface area contributed by atoms with Crippen molar-refractivity contribution in [3.05, 3.63) is 59.0 Å². The summed E-state index contributed by atoms with van der Waals surface area (Å²) in [7, 11) is 0. The van der Waals surface area contributed by atoms with Crippen molar-refractivity contribution in [3.8, 4) is 0 Å². The molecule has 2 aromatic rings. The number of rotatable bonds is 10. The van der Waals surface area contributed by atoms with Crippen molar-refractivity contribution < 1.29 is 9.50 Å². The molecule has 4 saturated carbocycles. The Morgan fingerprint density at radius 1 is 1.14 bits per heavy atom. The lowest BCUT2D eigenvalue weighted by molar-refractivity contribution is 0.00749. The van der Waals surface area contributed by atoms with Crippen LogP contribution >= 0.6 is 11.6 Å². The van der Waals surface area contributed by atoms with Crippen LogP contribution in [0.4, 0.5) is 16.2 Å². The van der Waals surface area contributed by atoms with Crippen LogP contribution < -0.4 is 16.0 Å². The number of nitrogens with zero attached hydrogens (tertiary/aromatic N) is 2. The normalized spacial score (nSPS) is 31.0. The Kier molecular flexibility index (Phi) is 7.75. The number of benzene rings is 1. The summed E-state index contributed by atoms with van der Waals surface area (Å²) in [4.78, 5) is 8.49. The minimum Gasteiger partial charge on any atom is -0.390 e. The SMILES string of the molecule is C=C1C2C[C@@H](CNCC3CCC(C)(O)CC3)C[C@]1(CNc1nc(NCc3ccccc3Cl)ncc1F)C2. The second-order valence-electron chi connectivity index (χ2n) is 11.8. The summed E-state index contributed by atoms with van der Waals surface area (Å²) in [5.41, 5.74) is 1.76. The van der Waals surface area contributed by atoms with Gasteiger partial charge in [-0.05, 0) is 94.3 Å². The minimum absolute atomic E-state index is 0.00134. The molecular formula is C29H39ClFN5O. The first-order chi connectivity index (χ1) is 17.7. The Morgan fingerprint density at radius 2 is 1.89 bits per heavy atom. The molecule has 200 valence electrons. The van der Waals surface area contributed by atoms with Gasteiger partial charge in [0, 0.05) is 23.5 Å². The molecule has 4 N–H and O–H groups in total. The largest absolute Gasteiger partial charge is 0.390 e. The van der Waals surface area contributed by atoms with Crippen molar-refractivity contribution in [2.45, 2.75) is 64.0 Å². The highest BCUT2D eigenvalue weighted by Gasteiger charge is 2.53. The lowest BCUT2D eigenvalue weighted by atomic mass is 9.48. The number of halogens is 2. The van der Waals surface area contributed by atoms with E-state index in [0.29, 0.717) is 41.8 Å². The molecule has 4 fully saturated rings. The van der Waals surface area contributed by atoms with Gasteiger partial charge in [-0.25, -0.2) is 9.37 Å². The van der Waals surface area contributed by atoms with E-state index >= 15 is 0 Å². The van der Waals surface area contributed by atoms with E-state index in [2.05, 4.69) is 32.5 Å². The third-order valence-corrected chi connectivity index (χ3v) is 9.26. The highest BCUT2D eigenvalue weighted by atomic mass is 35.5. The number of fused-ring (bicyclic) bond motifs is 2. The number of aromatic nitrogens is 2. The van der Waals surface area contributed by atoms with Crippen molar-refractivity contribution in [1.29, 1.82) is 0 Å². The van der Waals surface area contributed by atoms with E-state index in [1.54, 1.807) is 0 Å². The molecule has 8 heteroatoms. The molecule has 4 aliphatic carbocycles. The van der Waals surface area contributed by atoms with Crippen LogP contribution in [0.2, 0.25) is 5.02 Å². The Balaban J connectivity index is 1.12. The molecule has 0 spiro atoms. The van der Waals surface area contributed by atoms with Crippen LogP contribution in [0.15, 0.2) is 42.6 Å². The first kappa shape index (κ1) is 26.4. The fourth-order valence-corrected chi connectivity index (χ4v) is 6.76. The highest BCUT2D eigenvalue weighted by molar-refractivity contribution is 6.31. The van der Waals surface area contributed by atoms with Crippen molar-refractivity contribution in [2.24, 2.45) is 23.2 Å². The van der Waals surface area contributed by atoms with Crippen molar-refractivity contribution in [2.75, 3.05) is 30.3 Å². The van der Waals surface area contributed by atoms with E-state index in [9.17, 15) is 9.50 Å². The zero-order valence-electron chi connectivity index (χ0n) is 21.7. The van der Waals surface area contributed by atoms with Crippen LogP contribution in [0.25, 0.3) is 0 Å². The third-order valence-electron chi connectivity index (χ3n) is 8.89. The summed E-state index contributed by atoms with van der Waals surface area (Å²) in [6.07, 6.45) is 8.55. The second-order valence-corrected chi connectivity index (χ2v) is 12.2. The van der Waals surface area contributed by atoms with Gasteiger partial charge >= 0.3 is 0 Å². The van der Waals surface area contributed by atoms with Crippen LogP contribution in [0.1, 0.15) is 57.4 Å². The van der Waals surface area contributed by atoms with Gasteiger partial charge in [-0.2, -0.15) is 4.98 Å². The number of nitrogens with one attached hydrogen (secondary N) is 3. The maximum Gasteiger partial charge on any atom is 0.225 e. The van der Waals surface area contributed by atoms with Gasteiger partial charge in [-0.3, -0.25) is 0 Å². The monoisotopic (exact) mass is 527 g/mol. The molecule has 6 nitrogen and oxygen atoms in total. The van der Waals surface area contributed by atoms with Crippen molar-refractivity contribution in [3.63, 3.8) is 0 Å². The van der Waals surface area contributed by atoms with Gasteiger partial charge in [0.1, 0.15) is 0 Å². The molecule has 0 aliphatic heterocycles. The first-order valence-electron chi connectivity index (χ1n) is 13.6. The number of hydrogen-bond donors (Lipinski definition) is 4. The lowest BCUT2D eigenvalue weighted by Crippen LogP contribution is -2.52. The van der Waals surface area contributed by atoms with Gasteiger partial charge in [0.05, 0.1) is 11.8 Å². The molecule has 1 unspecified atom stereocenters. The molecule has 1 heterocycles. The van der Waals surface area contributed by atoms with Gasteiger partial charge in [0.25, 0.3) is 0 Å². The van der Waals surface area contributed by atoms with Crippen LogP contribution in [0.5, 0.6) is 0 Å². The van der Waals surface area contributed by atoms with E-state index in [-0.39, 0.29) is 11.2 Å². The van der Waals surface area contributed by atoms with Gasteiger partial charge in [-0.15, -0.1) is 0 Å². The fourth-order valence-electron chi connectivity index (χ4n) is 6.56. The molecule has 0 saturated heterocycles. The molecule has 2 bridgehead atoms. The second kappa shape index (κ2) is 10.9.